The third-order valence-corrected chi connectivity index (χ3v) is 2.87. The van der Waals surface area contributed by atoms with E-state index in [9.17, 15) is 8.42 Å². The lowest BCUT2D eigenvalue weighted by Gasteiger charge is -2.02. The molecule has 0 radical (unpaired) electrons. The summed E-state index contributed by atoms with van der Waals surface area (Å²) in [4.78, 5) is 3.51. The van der Waals surface area contributed by atoms with Crippen LogP contribution in [0.1, 0.15) is 0 Å². The van der Waals surface area contributed by atoms with Crippen LogP contribution in [0.2, 0.25) is 0 Å². The number of hydrogen-bond acceptors (Lipinski definition) is 4. The summed E-state index contributed by atoms with van der Waals surface area (Å²) in [5.74, 6) is -0.199. The zero-order chi connectivity index (χ0) is 11.1. The summed E-state index contributed by atoms with van der Waals surface area (Å²) >= 11 is 0. The fourth-order valence-corrected chi connectivity index (χ4v) is 2.04. The summed E-state index contributed by atoms with van der Waals surface area (Å²) in [5.41, 5.74) is 0.310. The van der Waals surface area contributed by atoms with Gasteiger partial charge in [-0.05, 0) is 18.2 Å². The number of aromatic hydroxyl groups is 1. The number of pyridine rings is 1. The van der Waals surface area contributed by atoms with Crippen LogP contribution in [0.25, 0.3) is 10.9 Å². The minimum absolute atomic E-state index is 0.199. The topological polar surface area (TPSA) is 87.5 Å². The van der Waals surface area contributed by atoms with Crippen molar-refractivity contribution in [2.75, 3.05) is 0 Å². The first kappa shape index (κ1) is 9.88. The monoisotopic (exact) mass is 225 g/mol. The zero-order valence-corrected chi connectivity index (χ0v) is 8.27. The number of hydrogen-bond donors (Lipinski definition) is 2. The van der Waals surface area contributed by atoms with Crippen molar-refractivity contribution in [3.8, 4) is 5.88 Å². The first-order valence-corrected chi connectivity index (χ1v) is 5.49. The lowest BCUT2D eigenvalue weighted by atomic mass is 10.2. The van der Waals surface area contributed by atoms with Gasteiger partial charge in [0, 0.05) is 11.5 Å². The highest BCUT2D eigenvalue weighted by molar-refractivity contribution is 7.86. The molecule has 0 amide bonds. The maximum absolute atomic E-state index is 11.0. The number of aromatic nitrogens is 1. The van der Waals surface area contributed by atoms with Gasteiger partial charge in [0.15, 0.2) is 0 Å². The van der Waals surface area contributed by atoms with Gasteiger partial charge in [-0.25, -0.2) is 4.98 Å². The lowest BCUT2D eigenvalue weighted by molar-refractivity contribution is 0.455. The molecule has 0 atom stereocenters. The second-order valence-corrected chi connectivity index (χ2v) is 4.36. The standard InChI is InChI=1S/C9H7NO4S/c11-9-5-4-6-7(10-9)2-1-3-8(6)15(12,13)14/h1-5H,(H,10,11)(H,12,13,14). The highest BCUT2D eigenvalue weighted by atomic mass is 32.2. The van der Waals surface area contributed by atoms with Crippen molar-refractivity contribution < 1.29 is 18.1 Å². The fourth-order valence-electron chi connectivity index (χ4n) is 1.34. The molecule has 5 nitrogen and oxygen atoms in total. The molecule has 0 spiro atoms. The van der Waals surface area contributed by atoms with Crippen LogP contribution in [-0.2, 0) is 10.1 Å². The molecule has 1 heterocycles. The zero-order valence-electron chi connectivity index (χ0n) is 7.45. The Morgan fingerprint density at radius 2 is 1.87 bits per heavy atom. The molecule has 0 bridgehead atoms. The smallest absolute Gasteiger partial charge is 0.295 e. The van der Waals surface area contributed by atoms with E-state index in [-0.39, 0.29) is 16.2 Å². The molecule has 15 heavy (non-hydrogen) atoms. The maximum atomic E-state index is 11.0. The number of fused-ring (bicyclic) bond motifs is 1. The molecule has 0 saturated heterocycles. The van der Waals surface area contributed by atoms with Crippen molar-refractivity contribution in [2.45, 2.75) is 4.90 Å². The van der Waals surface area contributed by atoms with Gasteiger partial charge in [0.25, 0.3) is 10.1 Å². The molecular weight excluding hydrogens is 218 g/mol. The van der Waals surface area contributed by atoms with E-state index in [0.29, 0.717) is 5.52 Å². The van der Waals surface area contributed by atoms with Crippen LogP contribution < -0.4 is 0 Å². The summed E-state index contributed by atoms with van der Waals surface area (Å²) in [5, 5.41) is 9.38. The van der Waals surface area contributed by atoms with E-state index in [1.54, 1.807) is 6.07 Å². The summed E-state index contributed by atoms with van der Waals surface area (Å²) < 4.78 is 30.9. The van der Waals surface area contributed by atoms with Gasteiger partial charge < -0.3 is 5.11 Å². The van der Waals surface area contributed by atoms with Gasteiger partial charge in [-0.1, -0.05) is 6.07 Å². The molecule has 2 aromatic rings. The minimum Gasteiger partial charge on any atom is -0.493 e. The van der Waals surface area contributed by atoms with Crippen LogP contribution in [0, 0.1) is 0 Å². The Labute approximate surface area is 85.8 Å². The van der Waals surface area contributed by atoms with Crippen molar-refractivity contribution >= 4 is 21.0 Å². The van der Waals surface area contributed by atoms with Crippen LogP contribution in [0.4, 0.5) is 0 Å². The van der Waals surface area contributed by atoms with Crippen molar-refractivity contribution in [3.63, 3.8) is 0 Å². The normalized spacial score (nSPS) is 11.8. The SMILES string of the molecule is O=S(=O)(O)c1cccc2nc(O)ccc12. The third kappa shape index (κ3) is 1.77. The summed E-state index contributed by atoms with van der Waals surface area (Å²) in [6.07, 6.45) is 0. The van der Waals surface area contributed by atoms with E-state index in [1.807, 2.05) is 0 Å². The first-order valence-electron chi connectivity index (χ1n) is 4.05. The van der Waals surface area contributed by atoms with Gasteiger partial charge >= 0.3 is 0 Å². The molecule has 78 valence electrons. The molecule has 0 unspecified atom stereocenters. The molecule has 0 aliphatic rings. The van der Waals surface area contributed by atoms with E-state index in [1.165, 1.54) is 24.3 Å². The van der Waals surface area contributed by atoms with Crippen molar-refractivity contribution in [2.24, 2.45) is 0 Å². The molecule has 6 heteroatoms. The third-order valence-electron chi connectivity index (χ3n) is 1.96. The predicted octanol–water partition coefficient (Wildman–Crippen LogP) is 1.19. The van der Waals surface area contributed by atoms with E-state index in [2.05, 4.69) is 4.98 Å². The quantitative estimate of drug-likeness (QED) is 0.712. The molecule has 2 rings (SSSR count). The van der Waals surface area contributed by atoms with Crippen molar-refractivity contribution in [1.82, 2.24) is 4.98 Å². The second-order valence-electron chi connectivity index (χ2n) is 2.97. The summed E-state index contributed by atoms with van der Waals surface area (Å²) in [6, 6.07) is 6.91. The van der Waals surface area contributed by atoms with Gasteiger partial charge in [-0.3, -0.25) is 4.55 Å². The Balaban J connectivity index is 2.89. The highest BCUT2D eigenvalue weighted by Crippen LogP contribution is 2.23. The summed E-state index contributed by atoms with van der Waals surface area (Å²) in [6.45, 7) is 0. The van der Waals surface area contributed by atoms with Gasteiger partial charge in [0.2, 0.25) is 5.88 Å². The van der Waals surface area contributed by atoms with Crippen LogP contribution >= 0.6 is 0 Å². The minimum atomic E-state index is -4.26. The number of nitrogens with zero attached hydrogens (tertiary/aromatic N) is 1. The van der Waals surface area contributed by atoms with Gasteiger partial charge in [-0.15, -0.1) is 0 Å². The van der Waals surface area contributed by atoms with Crippen LogP contribution in [0.5, 0.6) is 5.88 Å². The molecule has 1 aromatic carbocycles. The molecular formula is C9H7NO4S. The average molecular weight is 225 g/mol. The van der Waals surface area contributed by atoms with E-state index in [0.717, 1.165) is 0 Å². The second kappa shape index (κ2) is 3.18. The first-order chi connectivity index (χ1) is 6.98. The molecule has 0 saturated carbocycles. The Hall–Kier alpha value is -1.66. The molecule has 0 aliphatic heterocycles. The Kier molecular flexibility index (Phi) is 2.09. The van der Waals surface area contributed by atoms with Gasteiger partial charge in [-0.2, -0.15) is 8.42 Å². The highest BCUT2D eigenvalue weighted by Gasteiger charge is 2.13. The largest absolute Gasteiger partial charge is 0.493 e. The maximum Gasteiger partial charge on any atom is 0.295 e. The molecule has 0 aliphatic carbocycles. The van der Waals surface area contributed by atoms with E-state index in [4.69, 9.17) is 9.66 Å². The van der Waals surface area contributed by atoms with Gasteiger partial charge in [0.1, 0.15) is 4.90 Å². The van der Waals surface area contributed by atoms with Crippen LogP contribution in [0.3, 0.4) is 0 Å². The predicted molar refractivity (Wildman–Crippen MR) is 53.2 cm³/mol. The van der Waals surface area contributed by atoms with Crippen molar-refractivity contribution in [1.29, 1.82) is 0 Å². The summed E-state index contributed by atoms with van der Waals surface area (Å²) in [7, 11) is -4.26. The van der Waals surface area contributed by atoms with Crippen LogP contribution in [-0.4, -0.2) is 23.1 Å². The molecule has 1 aromatic heterocycles. The van der Waals surface area contributed by atoms with Crippen LogP contribution in [0.15, 0.2) is 35.2 Å². The lowest BCUT2D eigenvalue weighted by Crippen LogP contribution is -1.99. The fraction of sp³-hybridized carbons (Fsp3) is 0. The van der Waals surface area contributed by atoms with E-state index >= 15 is 0 Å². The van der Waals surface area contributed by atoms with E-state index < -0.39 is 10.1 Å². The molecule has 0 fully saturated rings. The number of benzene rings is 1. The Bertz CT molecular complexity index is 621. The Morgan fingerprint density at radius 1 is 1.13 bits per heavy atom. The average Bonchev–Trinajstić information content (AvgIpc) is 2.15. The molecule has 2 N–H and O–H groups in total. The van der Waals surface area contributed by atoms with Crippen molar-refractivity contribution in [3.05, 3.63) is 30.3 Å². The van der Waals surface area contributed by atoms with Gasteiger partial charge in [0.05, 0.1) is 5.52 Å². The Morgan fingerprint density at radius 3 is 2.53 bits per heavy atom. The number of rotatable bonds is 1.